The lowest BCUT2D eigenvalue weighted by Crippen LogP contribution is -2.16. The topological polar surface area (TPSA) is 109 Å². The van der Waals surface area contributed by atoms with E-state index in [9.17, 15) is 5.11 Å². The first-order chi connectivity index (χ1) is 15.1. The standard InChI is InChI=1S/C22H22N6O3/c1-28(16-7-11-18(30-2)12-8-16)22-26-20(23-14-19-4-3-13-31-19)25-21(27-22)24-15-5-9-17(29)10-6-15/h3-13,29H,14H2,1-2H3,(H2,23,24,25,26,27). The van der Waals surface area contributed by atoms with Crippen LogP contribution >= 0.6 is 0 Å². The average Bonchev–Trinajstić information content (AvgIpc) is 3.32. The maximum absolute atomic E-state index is 9.50. The number of hydrogen-bond acceptors (Lipinski definition) is 9. The summed E-state index contributed by atoms with van der Waals surface area (Å²) in [6.07, 6.45) is 1.62. The molecule has 4 rings (SSSR count). The summed E-state index contributed by atoms with van der Waals surface area (Å²) in [6, 6.07) is 17.9. The van der Waals surface area contributed by atoms with Gasteiger partial charge >= 0.3 is 0 Å². The van der Waals surface area contributed by atoms with Gasteiger partial charge in [0, 0.05) is 18.4 Å². The van der Waals surface area contributed by atoms with Crippen LogP contribution in [0.15, 0.2) is 71.3 Å². The van der Waals surface area contributed by atoms with Gasteiger partial charge in [-0.3, -0.25) is 0 Å². The quantitative estimate of drug-likeness (QED) is 0.361. The summed E-state index contributed by atoms with van der Waals surface area (Å²) < 4.78 is 10.6. The van der Waals surface area contributed by atoms with Crippen molar-refractivity contribution in [1.82, 2.24) is 15.0 Å². The third-order valence-electron chi connectivity index (χ3n) is 4.51. The van der Waals surface area contributed by atoms with Gasteiger partial charge < -0.3 is 29.8 Å². The number of ether oxygens (including phenoxy) is 1. The summed E-state index contributed by atoms with van der Waals surface area (Å²) in [6.45, 7) is 0.432. The van der Waals surface area contributed by atoms with Gasteiger partial charge in [-0.1, -0.05) is 0 Å². The van der Waals surface area contributed by atoms with Crippen LogP contribution in [0.25, 0.3) is 0 Å². The molecule has 0 bridgehead atoms. The van der Waals surface area contributed by atoms with Crippen LogP contribution in [0.5, 0.6) is 11.5 Å². The van der Waals surface area contributed by atoms with E-state index in [4.69, 9.17) is 9.15 Å². The van der Waals surface area contributed by atoms with Crippen LogP contribution in [0, 0.1) is 0 Å². The summed E-state index contributed by atoms with van der Waals surface area (Å²) >= 11 is 0. The average molecular weight is 418 g/mol. The predicted octanol–water partition coefficient (Wildman–Crippen LogP) is 4.30. The Kier molecular flexibility index (Phi) is 5.84. The van der Waals surface area contributed by atoms with Gasteiger partial charge in [-0.05, 0) is 60.7 Å². The molecule has 0 fully saturated rings. The molecule has 0 saturated carbocycles. The number of phenols is 1. The molecule has 31 heavy (non-hydrogen) atoms. The van der Waals surface area contributed by atoms with E-state index < -0.39 is 0 Å². The zero-order chi connectivity index (χ0) is 21.6. The molecule has 9 nitrogen and oxygen atoms in total. The van der Waals surface area contributed by atoms with Gasteiger partial charge in [0.2, 0.25) is 17.8 Å². The second kappa shape index (κ2) is 9.04. The molecule has 0 radical (unpaired) electrons. The summed E-state index contributed by atoms with van der Waals surface area (Å²) in [4.78, 5) is 15.4. The maximum Gasteiger partial charge on any atom is 0.236 e. The molecular weight excluding hydrogens is 396 g/mol. The monoisotopic (exact) mass is 418 g/mol. The highest BCUT2D eigenvalue weighted by molar-refractivity contribution is 5.61. The van der Waals surface area contributed by atoms with E-state index in [0.29, 0.717) is 24.4 Å². The number of rotatable bonds is 8. The Morgan fingerprint density at radius 2 is 1.71 bits per heavy atom. The Hall–Kier alpha value is -4.27. The Morgan fingerprint density at radius 3 is 2.39 bits per heavy atom. The van der Waals surface area contributed by atoms with Gasteiger partial charge in [0.25, 0.3) is 0 Å². The smallest absolute Gasteiger partial charge is 0.236 e. The van der Waals surface area contributed by atoms with E-state index in [0.717, 1.165) is 22.9 Å². The highest BCUT2D eigenvalue weighted by Gasteiger charge is 2.13. The van der Waals surface area contributed by atoms with Crippen molar-refractivity contribution in [1.29, 1.82) is 0 Å². The molecule has 0 aliphatic rings. The first kappa shape index (κ1) is 20.0. The summed E-state index contributed by atoms with van der Waals surface area (Å²) in [5.41, 5.74) is 1.62. The van der Waals surface area contributed by atoms with Crippen molar-refractivity contribution in [3.8, 4) is 11.5 Å². The van der Waals surface area contributed by atoms with Crippen LogP contribution in [-0.4, -0.2) is 34.2 Å². The molecule has 0 aliphatic carbocycles. The molecular formula is C22H22N6O3. The van der Waals surface area contributed by atoms with Crippen molar-refractivity contribution in [2.24, 2.45) is 0 Å². The SMILES string of the molecule is COc1ccc(N(C)c2nc(NCc3ccco3)nc(Nc3ccc(O)cc3)n2)cc1. The molecule has 0 atom stereocenters. The number of anilines is 5. The number of phenolic OH excluding ortho intramolecular Hbond substituents is 1. The second-order valence-electron chi connectivity index (χ2n) is 6.64. The number of methoxy groups -OCH3 is 1. The molecule has 0 amide bonds. The third kappa shape index (κ3) is 5.02. The van der Waals surface area contributed by atoms with Crippen LogP contribution in [0.4, 0.5) is 29.2 Å². The molecule has 158 valence electrons. The largest absolute Gasteiger partial charge is 0.508 e. The van der Waals surface area contributed by atoms with Crippen molar-refractivity contribution in [2.75, 3.05) is 29.7 Å². The van der Waals surface area contributed by atoms with E-state index in [1.165, 1.54) is 0 Å². The first-order valence-corrected chi connectivity index (χ1v) is 9.57. The lowest BCUT2D eigenvalue weighted by Gasteiger charge is -2.19. The van der Waals surface area contributed by atoms with Gasteiger partial charge in [-0.15, -0.1) is 0 Å². The fourth-order valence-electron chi connectivity index (χ4n) is 2.82. The zero-order valence-corrected chi connectivity index (χ0v) is 17.1. The van der Waals surface area contributed by atoms with E-state index in [1.54, 1.807) is 37.6 Å². The van der Waals surface area contributed by atoms with Crippen LogP contribution in [0.3, 0.4) is 0 Å². The van der Waals surface area contributed by atoms with E-state index in [1.807, 2.05) is 48.3 Å². The first-order valence-electron chi connectivity index (χ1n) is 9.57. The number of nitrogens with zero attached hydrogens (tertiary/aromatic N) is 4. The minimum Gasteiger partial charge on any atom is -0.508 e. The van der Waals surface area contributed by atoms with E-state index >= 15 is 0 Å². The normalized spacial score (nSPS) is 10.5. The van der Waals surface area contributed by atoms with E-state index in [-0.39, 0.29) is 5.75 Å². The number of nitrogens with one attached hydrogen (secondary N) is 2. The molecule has 4 aromatic rings. The van der Waals surface area contributed by atoms with Crippen LogP contribution < -0.4 is 20.3 Å². The van der Waals surface area contributed by atoms with Crippen molar-refractivity contribution in [3.63, 3.8) is 0 Å². The molecule has 0 spiro atoms. The van der Waals surface area contributed by atoms with Crippen molar-refractivity contribution in [2.45, 2.75) is 6.54 Å². The van der Waals surface area contributed by atoms with Gasteiger partial charge in [0.05, 0.1) is 19.9 Å². The van der Waals surface area contributed by atoms with Crippen molar-refractivity contribution >= 4 is 29.2 Å². The summed E-state index contributed by atoms with van der Waals surface area (Å²) in [5, 5.41) is 15.8. The Labute approximate surface area is 179 Å². The maximum atomic E-state index is 9.50. The number of benzene rings is 2. The number of aromatic nitrogens is 3. The van der Waals surface area contributed by atoms with Gasteiger partial charge in [-0.2, -0.15) is 15.0 Å². The number of furan rings is 1. The molecule has 0 aliphatic heterocycles. The Bertz CT molecular complexity index is 1120. The number of hydrogen-bond donors (Lipinski definition) is 3. The van der Waals surface area contributed by atoms with Crippen molar-refractivity contribution < 1.29 is 14.3 Å². The van der Waals surface area contributed by atoms with Gasteiger partial charge in [0.15, 0.2) is 0 Å². The van der Waals surface area contributed by atoms with Crippen LogP contribution in [0.1, 0.15) is 5.76 Å². The van der Waals surface area contributed by atoms with Gasteiger partial charge in [0.1, 0.15) is 17.3 Å². The summed E-state index contributed by atoms with van der Waals surface area (Å²) in [5.74, 6) is 2.91. The fourth-order valence-corrected chi connectivity index (χ4v) is 2.82. The molecule has 0 saturated heterocycles. The lowest BCUT2D eigenvalue weighted by atomic mass is 10.3. The highest BCUT2D eigenvalue weighted by Crippen LogP contribution is 2.25. The molecule has 9 heteroatoms. The van der Waals surface area contributed by atoms with E-state index in [2.05, 4.69) is 25.6 Å². The molecule has 3 N–H and O–H groups in total. The molecule has 2 aromatic heterocycles. The zero-order valence-electron chi connectivity index (χ0n) is 17.1. The van der Waals surface area contributed by atoms with Crippen LogP contribution in [0.2, 0.25) is 0 Å². The van der Waals surface area contributed by atoms with Gasteiger partial charge in [-0.25, -0.2) is 0 Å². The predicted molar refractivity (Wildman–Crippen MR) is 118 cm³/mol. The minimum atomic E-state index is 0.182. The third-order valence-corrected chi connectivity index (χ3v) is 4.51. The molecule has 2 heterocycles. The Morgan fingerprint density at radius 1 is 0.968 bits per heavy atom. The lowest BCUT2D eigenvalue weighted by molar-refractivity contribution is 0.415. The molecule has 0 unspecified atom stereocenters. The van der Waals surface area contributed by atoms with Crippen molar-refractivity contribution in [3.05, 3.63) is 72.7 Å². The number of aromatic hydroxyl groups is 1. The molecule has 2 aromatic carbocycles. The fraction of sp³-hybridized carbons (Fsp3) is 0.136. The summed E-state index contributed by atoms with van der Waals surface area (Å²) in [7, 11) is 3.50. The highest BCUT2D eigenvalue weighted by atomic mass is 16.5. The minimum absolute atomic E-state index is 0.182. The van der Waals surface area contributed by atoms with Crippen LogP contribution in [-0.2, 0) is 6.54 Å². The Balaban J connectivity index is 1.62. The second-order valence-corrected chi connectivity index (χ2v) is 6.64.